The van der Waals surface area contributed by atoms with Gasteiger partial charge in [-0.1, -0.05) is 13.3 Å². The Labute approximate surface area is 66.9 Å². The summed E-state index contributed by atoms with van der Waals surface area (Å²) >= 11 is 0. The monoisotopic (exact) mass is 154 g/mol. The summed E-state index contributed by atoms with van der Waals surface area (Å²) < 4.78 is 0. The molecule has 0 amide bonds. The van der Waals surface area contributed by atoms with E-state index in [0.717, 1.165) is 12.8 Å². The van der Waals surface area contributed by atoms with Crippen molar-refractivity contribution in [1.82, 2.24) is 0 Å². The lowest BCUT2D eigenvalue weighted by atomic mass is 9.88. The Morgan fingerprint density at radius 1 is 1.73 bits per heavy atom. The third-order valence-corrected chi connectivity index (χ3v) is 2.21. The van der Waals surface area contributed by atoms with Gasteiger partial charge in [0.2, 0.25) is 0 Å². The first-order valence-electron chi connectivity index (χ1n) is 4.03. The fourth-order valence-corrected chi connectivity index (χ4v) is 1.49. The van der Waals surface area contributed by atoms with Crippen molar-refractivity contribution in [2.75, 3.05) is 0 Å². The van der Waals surface area contributed by atoms with E-state index in [-0.39, 0.29) is 11.7 Å². The molecule has 1 aliphatic carbocycles. The van der Waals surface area contributed by atoms with E-state index in [1.54, 1.807) is 13.0 Å². The van der Waals surface area contributed by atoms with Crippen LogP contribution in [0, 0.1) is 5.92 Å². The highest BCUT2D eigenvalue weighted by Crippen LogP contribution is 2.29. The molecule has 0 heterocycles. The van der Waals surface area contributed by atoms with Crippen molar-refractivity contribution >= 4 is 5.78 Å². The number of allylic oxidation sites excluding steroid dienone is 1. The summed E-state index contributed by atoms with van der Waals surface area (Å²) in [6.45, 7) is 3.70. The molecule has 62 valence electrons. The largest absolute Gasteiger partial charge is 0.385 e. The fraction of sp³-hybridized carbons (Fsp3) is 0.667. The molecule has 0 aromatic heterocycles. The smallest absolute Gasteiger partial charge is 0.161 e. The highest BCUT2D eigenvalue weighted by molar-refractivity contribution is 5.95. The Bertz CT molecular complexity index is 192. The second-order valence-electron chi connectivity index (χ2n) is 3.30. The zero-order valence-electron chi connectivity index (χ0n) is 7.00. The summed E-state index contributed by atoms with van der Waals surface area (Å²) in [4.78, 5) is 11.1. The summed E-state index contributed by atoms with van der Waals surface area (Å²) in [6, 6.07) is 0. The van der Waals surface area contributed by atoms with Gasteiger partial charge in [-0.3, -0.25) is 4.79 Å². The van der Waals surface area contributed by atoms with E-state index in [0.29, 0.717) is 0 Å². The molecule has 2 unspecified atom stereocenters. The lowest BCUT2D eigenvalue weighted by molar-refractivity contribution is -0.122. The van der Waals surface area contributed by atoms with E-state index in [2.05, 4.69) is 0 Å². The van der Waals surface area contributed by atoms with Crippen LogP contribution in [0.2, 0.25) is 0 Å². The quantitative estimate of drug-likeness (QED) is 0.650. The molecule has 0 aromatic carbocycles. The van der Waals surface area contributed by atoms with Crippen LogP contribution in [0.1, 0.15) is 26.7 Å². The van der Waals surface area contributed by atoms with Gasteiger partial charge in [0.1, 0.15) is 0 Å². The topological polar surface area (TPSA) is 37.3 Å². The van der Waals surface area contributed by atoms with E-state index >= 15 is 0 Å². The van der Waals surface area contributed by atoms with Crippen LogP contribution in [0.15, 0.2) is 12.2 Å². The van der Waals surface area contributed by atoms with Gasteiger partial charge in [0, 0.05) is 0 Å². The van der Waals surface area contributed by atoms with E-state index in [1.807, 2.05) is 6.92 Å². The standard InChI is InChI=1S/C9H14O2/c1-3-4-7-8(10)5-6-9(7,2)11/h5-7,11H,3-4H2,1-2H3. The molecule has 0 aromatic rings. The molecule has 1 N–H and O–H groups in total. The van der Waals surface area contributed by atoms with Crippen LogP contribution in [0.3, 0.4) is 0 Å². The lowest BCUT2D eigenvalue weighted by Gasteiger charge is -2.22. The Hall–Kier alpha value is -0.630. The molecule has 0 aliphatic heterocycles. The highest BCUT2D eigenvalue weighted by atomic mass is 16.3. The molecule has 2 heteroatoms. The molecule has 0 radical (unpaired) electrons. The van der Waals surface area contributed by atoms with Crippen LogP contribution in [0.5, 0.6) is 0 Å². The second-order valence-corrected chi connectivity index (χ2v) is 3.30. The number of aliphatic hydroxyl groups is 1. The van der Waals surface area contributed by atoms with Crippen molar-refractivity contribution in [3.8, 4) is 0 Å². The molecule has 0 bridgehead atoms. The summed E-state index contributed by atoms with van der Waals surface area (Å²) in [5, 5.41) is 9.65. The van der Waals surface area contributed by atoms with Crippen molar-refractivity contribution < 1.29 is 9.90 Å². The van der Waals surface area contributed by atoms with Gasteiger partial charge in [0.05, 0.1) is 11.5 Å². The van der Waals surface area contributed by atoms with E-state index < -0.39 is 5.60 Å². The van der Waals surface area contributed by atoms with Gasteiger partial charge in [-0.25, -0.2) is 0 Å². The van der Waals surface area contributed by atoms with Gasteiger partial charge in [-0.15, -0.1) is 0 Å². The van der Waals surface area contributed by atoms with Gasteiger partial charge in [-0.05, 0) is 25.5 Å². The summed E-state index contributed by atoms with van der Waals surface area (Å²) in [6.07, 6.45) is 4.79. The molecular formula is C9H14O2. The number of hydrogen-bond donors (Lipinski definition) is 1. The van der Waals surface area contributed by atoms with Crippen LogP contribution >= 0.6 is 0 Å². The SMILES string of the molecule is CCCC1C(=O)C=CC1(C)O. The first-order valence-corrected chi connectivity index (χ1v) is 4.03. The molecule has 0 fully saturated rings. The van der Waals surface area contributed by atoms with Crippen molar-refractivity contribution in [3.05, 3.63) is 12.2 Å². The minimum atomic E-state index is -0.896. The van der Waals surface area contributed by atoms with E-state index in [4.69, 9.17) is 0 Å². The average Bonchev–Trinajstić information content (AvgIpc) is 2.16. The number of ketones is 1. The van der Waals surface area contributed by atoms with Gasteiger partial charge in [-0.2, -0.15) is 0 Å². The minimum absolute atomic E-state index is 0.0665. The number of hydrogen-bond acceptors (Lipinski definition) is 2. The summed E-state index contributed by atoms with van der Waals surface area (Å²) in [5.41, 5.74) is -0.896. The third kappa shape index (κ3) is 1.51. The van der Waals surface area contributed by atoms with Crippen molar-refractivity contribution in [3.63, 3.8) is 0 Å². The predicted octanol–water partition coefficient (Wildman–Crippen LogP) is 1.29. The van der Waals surface area contributed by atoms with Gasteiger partial charge < -0.3 is 5.11 Å². The van der Waals surface area contributed by atoms with E-state index in [1.165, 1.54) is 6.08 Å². The van der Waals surface area contributed by atoms with Crippen molar-refractivity contribution in [2.24, 2.45) is 5.92 Å². The number of carbonyl (C=O) groups excluding carboxylic acids is 1. The maximum absolute atomic E-state index is 11.1. The normalized spacial score (nSPS) is 36.6. The number of carbonyl (C=O) groups is 1. The van der Waals surface area contributed by atoms with Crippen LogP contribution in [-0.4, -0.2) is 16.5 Å². The fourth-order valence-electron chi connectivity index (χ4n) is 1.49. The molecule has 1 rings (SSSR count). The third-order valence-electron chi connectivity index (χ3n) is 2.21. The molecule has 0 saturated carbocycles. The zero-order chi connectivity index (χ0) is 8.48. The molecule has 2 atom stereocenters. The van der Waals surface area contributed by atoms with Crippen LogP contribution in [0.25, 0.3) is 0 Å². The van der Waals surface area contributed by atoms with Gasteiger partial charge >= 0.3 is 0 Å². The maximum atomic E-state index is 11.1. The Morgan fingerprint density at radius 3 is 2.73 bits per heavy atom. The Morgan fingerprint density at radius 2 is 2.36 bits per heavy atom. The molecule has 1 aliphatic rings. The number of rotatable bonds is 2. The van der Waals surface area contributed by atoms with E-state index in [9.17, 15) is 9.90 Å². The molecule has 11 heavy (non-hydrogen) atoms. The zero-order valence-corrected chi connectivity index (χ0v) is 7.00. The second kappa shape index (κ2) is 2.78. The molecule has 0 saturated heterocycles. The minimum Gasteiger partial charge on any atom is -0.385 e. The molecule has 2 nitrogen and oxygen atoms in total. The highest BCUT2D eigenvalue weighted by Gasteiger charge is 2.37. The Balaban J connectivity index is 2.70. The molecular weight excluding hydrogens is 140 g/mol. The molecule has 0 spiro atoms. The summed E-state index contributed by atoms with van der Waals surface area (Å²) in [7, 11) is 0. The maximum Gasteiger partial charge on any atom is 0.161 e. The van der Waals surface area contributed by atoms with Crippen LogP contribution in [-0.2, 0) is 4.79 Å². The van der Waals surface area contributed by atoms with Crippen LogP contribution < -0.4 is 0 Å². The average molecular weight is 154 g/mol. The predicted molar refractivity (Wildman–Crippen MR) is 43.2 cm³/mol. The lowest BCUT2D eigenvalue weighted by Crippen LogP contribution is -2.32. The van der Waals surface area contributed by atoms with Crippen molar-refractivity contribution in [1.29, 1.82) is 0 Å². The van der Waals surface area contributed by atoms with Gasteiger partial charge in [0.25, 0.3) is 0 Å². The summed E-state index contributed by atoms with van der Waals surface area (Å²) in [5.74, 6) is -0.135. The Kier molecular flexibility index (Phi) is 2.14. The van der Waals surface area contributed by atoms with Crippen LogP contribution in [0.4, 0.5) is 0 Å². The first-order chi connectivity index (χ1) is 5.08. The van der Waals surface area contributed by atoms with Gasteiger partial charge in [0.15, 0.2) is 5.78 Å². The first kappa shape index (κ1) is 8.47. The van der Waals surface area contributed by atoms with Crippen molar-refractivity contribution in [2.45, 2.75) is 32.3 Å².